The van der Waals surface area contributed by atoms with Crippen LogP contribution in [0.3, 0.4) is 0 Å². The van der Waals surface area contributed by atoms with Crippen molar-refractivity contribution in [3.8, 4) is 0 Å². The first kappa shape index (κ1) is 16.8. The number of carbonyl (C=O) groups excluding carboxylic acids is 1. The summed E-state index contributed by atoms with van der Waals surface area (Å²) in [6, 6.07) is 4.01. The number of nitrogens with zero attached hydrogens (tertiary/aromatic N) is 1. The first-order valence-corrected chi connectivity index (χ1v) is 8.92. The quantitative estimate of drug-likeness (QED) is 0.613. The van der Waals surface area contributed by atoms with Crippen LogP contribution in [0.5, 0.6) is 0 Å². The molecular formula is C15H21BrN2O2S. The molecule has 1 saturated carbocycles. The number of rotatable bonds is 6. The van der Waals surface area contributed by atoms with Crippen molar-refractivity contribution < 1.29 is 9.53 Å². The molecule has 2 unspecified atom stereocenters. The average Bonchev–Trinajstić information content (AvgIpc) is 2.92. The van der Waals surface area contributed by atoms with Crippen LogP contribution in [0.25, 0.3) is 0 Å². The summed E-state index contributed by atoms with van der Waals surface area (Å²) in [4.78, 5) is 16.5. The monoisotopic (exact) mass is 372 g/mol. The molecule has 1 aromatic heterocycles. The van der Waals surface area contributed by atoms with Gasteiger partial charge in [-0.05, 0) is 66.0 Å². The highest BCUT2D eigenvalue weighted by molar-refractivity contribution is 9.10. The number of carbonyl (C=O) groups is 1. The maximum absolute atomic E-state index is 12.1. The molecule has 1 aliphatic carbocycles. The zero-order chi connectivity index (χ0) is 15.3. The van der Waals surface area contributed by atoms with Gasteiger partial charge in [0.05, 0.1) is 12.1 Å². The molecule has 0 aliphatic heterocycles. The van der Waals surface area contributed by atoms with Crippen LogP contribution in [0, 0.1) is 5.92 Å². The number of aromatic nitrogens is 1. The standard InChI is InChI=1S/C15H21BrN2O2S/c1-17-15(14(19)20-2)8-3-4-11(15)7-9-21-13-6-5-12(16)10-18-13/h5-6,10-11,17H,3-4,7-9H2,1-2H3. The predicted molar refractivity (Wildman–Crippen MR) is 88.4 cm³/mol. The Hall–Kier alpha value is -0.590. The number of nitrogens with one attached hydrogen (secondary N) is 1. The Kier molecular flexibility index (Phi) is 6.08. The molecule has 116 valence electrons. The number of hydrogen-bond donors (Lipinski definition) is 1. The fourth-order valence-electron chi connectivity index (χ4n) is 3.10. The summed E-state index contributed by atoms with van der Waals surface area (Å²) < 4.78 is 6.00. The molecule has 0 spiro atoms. The van der Waals surface area contributed by atoms with Crippen molar-refractivity contribution in [2.75, 3.05) is 19.9 Å². The van der Waals surface area contributed by atoms with Crippen LogP contribution >= 0.6 is 27.7 Å². The van der Waals surface area contributed by atoms with Gasteiger partial charge in [0, 0.05) is 10.7 Å². The van der Waals surface area contributed by atoms with E-state index < -0.39 is 5.54 Å². The molecule has 1 aromatic rings. The van der Waals surface area contributed by atoms with Crippen LogP contribution in [-0.4, -0.2) is 36.4 Å². The summed E-state index contributed by atoms with van der Waals surface area (Å²) in [5, 5.41) is 4.25. The second-order valence-corrected chi connectivity index (χ2v) is 7.28. The third-order valence-corrected chi connectivity index (χ3v) is 5.68. The molecule has 0 saturated heterocycles. The Morgan fingerprint density at radius 3 is 3.05 bits per heavy atom. The van der Waals surface area contributed by atoms with Crippen molar-refractivity contribution >= 4 is 33.7 Å². The molecule has 2 rings (SSSR count). The topological polar surface area (TPSA) is 51.2 Å². The predicted octanol–water partition coefficient (Wildman–Crippen LogP) is 3.26. The van der Waals surface area contributed by atoms with Gasteiger partial charge in [-0.25, -0.2) is 4.98 Å². The van der Waals surface area contributed by atoms with Gasteiger partial charge in [0.25, 0.3) is 0 Å². The van der Waals surface area contributed by atoms with Crippen molar-refractivity contribution in [1.82, 2.24) is 10.3 Å². The summed E-state index contributed by atoms with van der Waals surface area (Å²) in [5.74, 6) is 1.16. The van der Waals surface area contributed by atoms with E-state index in [1.165, 1.54) is 7.11 Å². The molecule has 6 heteroatoms. The number of thioether (sulfide) groups is 1. The van der Waals surface area contributed by atoms with Gasteiger partial charge < -0.3 is 10.1 Å². The highest BCUT2D eigenvalue weighted by Gasteiger charge is 2.48. The van der Waals surface area contributed by atoms with Crippen molar-refractivity contribution in [1.29, 1.82) is 0 Å². The van der Waals surface area contributed by atoms with Crippen LogP contribution in [-0.2, 0) is 9.53 Å². The lowest BCUT2D eigenvalue weighted by atomic mass is 9.85. The SMILES string of the molecule is CNC1(C(=O)OC)CCCC1CCSc1ccc(Br)cn1. The van der Waals surface area contributed by atoms with E-state index in [2.05, 4.69) is 26.2 Å². The molecule has 0 aromatic carbocycles. The van der Waals surface area contributed by atoms with Gasteiger partial charge in [0.2, 0.25) is 0 Å². The van der Waals surface area contributed by atoms with Gasteiger partial charge in [-0.15, -0.1) is 11.8 Å². The maximum atomic E-state index is 12.1. The van der Waals surface area contributed by atoms with E-state index >= 15 is 0 Å². The maximum Gasteiger partial charge on any atom is 0.326 e. The van der Waals surface area contributed by atoms with Crippen molar-refractivity contribution in [3.05, 3.63) is 22.8 Å². The third kappa shape index (κ3) is 3.79. The van der Waals surface area contributed by atoms with E-state index in [9.17, 15) is 4.79 Å². The number of methoxy groups -OCH3 is 1. The molecule has 1 fully saturated rings. The van der Waals surface area contributed by atoms with E-state index in [1.54, 1.807) is 11.8 Å². The fourth-order valence-corrected chi connectivity index (χ4v) is 4.24. The molecule has 2 atom stereocenters. The largest absolute Gasteiger partial charge is 0.468 e. The van der Waals surface area contributed by atoms with Crippen molar-refractivity contribution in [3.63, 3.8) is 0 Å². The third-order valence-electron chi connectivity index (χ3n) is 4.23. The normalized spacial score (nSPS) is 25.0. The highest BCUT2D eigenvalue weighted by atomic mass is 79.9. The Morgan fingerprint density at radius 1 is 1.62 bits per heavy atom. The van der Waals surface area contributed by atoms with Gasteiger partial charge >= 0.3 is 5.97 Å². The Bertz CT molecular complexity index is 483. The zero-order valence-corrected chi connectivity index (χ0v) is 14.8. The minimum Gasteiger partial charge on any atom is -0.468 e. The minimum atomic E-state index is -0.498. The van der Waals surface area contributed by atoms with Crippen LogP contribution in [0.15, 0.2) is 27.8 Å². The molecule has 1 N–H and O–H groups in total. The smallest absolute Gasteiger partial charge is 0.326 e. The van der Waals surface area contributed by atoms with Crippen LogP contribution in [0.1, 0.15) is 25.7 Å². The molecule has 21 heavy (non-hydrogen) atoms. The Labute approximate surface area is 138 Å². The van der Waals surface area contributed by atoms with E-state index in [0.717, 1.165) is 40.9 Å². The lowest BCUT2D eigenvalue weighted by Gasteiger charge is -2.32. The van der Waals surface area contributed by atoms with Gasteiger partial charge in [-0.1, -0.05) is 6.42 Å². The number of likely N-dealkylation sites (N-methyl/N-ethyl adjacent to an activating group) is 1. The number of esters is 1. The van der Waals surface area contributed by atoms with E-state index in [0.29, 0.717) is 5.92 Å². The summed E-state index contributed by atoms with van der Waals surface area (Å²) >= 11 is 5.12. The minimum absolute atomic E-state index is 0.126. The Morgan fingerprint density at radius 2 is 2.43 bits per heavy atom. The lowest BCUT2D eigenvalue weighted by Crippen LogP contribution is -2.53. The summed E-state index contributed by atoms with van der Waals surface area (Å²) in [7, 11) is 3.33. The van der Waals surface area contributed by atoms with Crippen LogP contribution in [0.4, 0.5) is 0 Å². The highest BCUT2D eigenvalue weighted by Crippen LogP contribution is 2.39. The van der Waals surface area contributed by atoms with E-state index in [4.69, 9.17) is 4.74 Å². The van der Waals surface area contributed by atoms with E-state index in [1.807, 2.05) is 25.4 Å². The van der Waals surface area contributed by atoms with E-state index in [-0.39, 0.29) is 5.97 Å². The van der Waals surface area contributed by atoms with Gasteiger partial charge in [-0.2, -0.15) is 0 Å². The molecule has 1 aliphatic rings. The summed E-state index contributed by atoms with van der Waals surface area (Å²) in [5.41, 5.74) is -0.498. The second kappa shape index (κ2) is 7.61. The average molecular weight is 373 g/mol. The number of hydrogen-bond acceptors (Lipinski definition) is 5. The molecule has 0 amide bonds. The van der Waals surface area contributed by atoms with Crippen molar-refractivity contribution in [2.45, 2.75) is 36.2 Å². The van der Waals surface area contributed by atoms with Gasteiger partial charge in [0.15, 0.2) is 0 Å². The summed E-state index contributed by atoms with van der Waals surface area (Å²) in [6.07, 6.45) is 5.80. The fraction of sp³-hybridized carbons (Fsp3) is 0.600. The van der Waals surface area contributed by atoms with Gasteiger partial charge in [0.1, 0.15) is 5.54 Å². The van der Waals surface area contributed by atoms with Crippen molar-refractivity contribution in [2.24, 2.45) is 5.92 Å². The molecule has 4 nitrogen and oxygen atoms in total. The first-order valence-electron chi connectivity index (χ1n) is 7.14. The molecule has 1 heterocycles. The lowest BCUT2D eigenvalue weighted by molar-refractivity contribution is -0.150. The first-order chi connectivity index (χ1) is 10.1. The van der Waals surface area contributed by atoms with Crippen LogP contribution in [0.2, 0.25) is 0 Å². The number of halogens is 1. The molecule has 0 bridgehead atoms. The molecule has 0 radical (unpaired) electrons. The number of ether oxygens (including phenoxy) is 1. The molecular weight excluding hydrogens is 352 g/mol. The summed E-state index contributed by atoms with van der Waals surface area (Å²) in [6.45, 7) is 0. The van der Waals surface area contributed by atoms with Crippen LogP contribution < -0.4 is 5.32 Å². The second-order valence-electron chi connectivity index (χ2n) is 5.25. The zero-order valence-electron chi connectivity index (χ0n) is 12.4. The Balaban J connectivity index is 1.92. The number of pyridine rings is 1. The van der Waals surface area contributed by atoms with Gasteiger partial charge in [-0.3, -0.25) is 4.79 Å².